The lowest BCUT2D eigenvalue weighted by Crippen LogP contribution is -2.47. The summed E-state index contributed by atoms with van der Waals surface area (Å²) in [4.78, 5) is 14.3. The Bertz CT molecular complexity index is 227. The van der Waals surface area contributed by atoms with Gasteiger partial charge in [-0.15, -0.1) is 0 Å². The zero-order valence-electron chi connectivity index (χ0n) is 10.8. The Morgan fingerprint density at radius 2 is 2.19 bits per heavy atom. The van der Waals surface area contributed by atoms with E-state index in [1.165, 1.54) is 0 Å². The number of nitrogens with one attached hydrogen (secondary N) is 1. The number of hydrogen-bond donors (Lipinski definition) is 1. The number of amides is 1. The van der Waals surface area contributed by atoms with E-state index < -0.39 is 0 Å². The molecule has 1 saturated heterocycles. The molecular weight excluding hydrogens is 204 g/mol. The average Bonchev–Trinajstić information content (AvgIpc) is 2.72. The standard InChI is InChI=1S/C12H24N2O2/c1-5-6-14(9(2)3)12(15)10-7-16-8-11(10)13-4/h9-11,13H,5-8H2,1-4H3. The van der Waals surface area contributed by atoms with E-state index in [4.69, 9.17) is 4.74 Å². The Kier molecular flexibility index (Phi) is 5.22. The van der Waals surface area contributed by atoms with Crippen LogP contribution in [0.1, 0.15) is 27.2 Å². The van der Waals surface area contributed by atoms with Crippen molar-refractivity contribution in [2.75, 3.05) is 26.8 Å². The van der Waals surface area contributed by atoms with E-state index in [1.54, 1.807) is 0 Å². The summed E-state index contributed by atoms with van der Waals surface area (Å²) in [5.74, 6) is 0.215. The van der Waals surface area contributed by atoms with Gasteiger partial charge in [0.1, 0.15) is 0 Å². The van der Waals surface area contributed by atoms with E-state index in [0.29, 0.717) is 13.2 Å². The van der Waals surface area contributed by atoms with E-state index in [-0.39, 0.29) is 23.9 Å². The summed E-state index contributed by atoms with van der Waals surface area (Å²) in [6, 6.07) is 0.441. The number of carbonyl (C=O) groups excluding carboxylic acids is 1. The second kappa shape index (κ2) is 6.21. The zero-order chi connectivity index (χ0) is 12.1. The first-order chi connectivity index (χ1) is 7.61. The molecule has 1 aliphatic heterocycles. The van der Waals surface area contributed by atoms with Gasteiger partial charge in [0.25, 0.3) is 0 Å². The minimum atomic E-state index is -0.0149. The molecule has 1 amide bonds. The largest absolute Gasteiger partial charge is 0.379 e. The smallest absolute Gasteiger partial charge is 0.229 e. The van der Waals surface area contributed by atoms with E-state index in [2.05, 4.69) is 26.1 Å². The maximum absolute atomic E-state index is 12.4. The highest BCUT2D eigenvalue weighted by molar-refractivity contribution is 5.80. The van der Waals surface area contributed by atoms with Crippen LogP contribution in [0, 0.1) is 5.92 Å². The highest BCUT2D eigenvalue weighted by atomic mass is 16.5. The van der Waals surface area contributed by atoms with E-state index in [9.17, 15) is 4.79 Å². The summed E-state index contributed by atoms with van der Waals surface area (Å²) in [5.41, 5.74) is 0. The third-order valence-electron chi connectivity index (χ3n) is 3.14. The predicted molar refractivity (Wildman–Crippen MR) is 64.3 cm³/mol. The van der Waals surface area contributed by atoms with Gasteiger partial charge in [-0.25, -0.2) is 0 Å². The minimum Gasteiger partial charge on any atom is -0.379 e. The van der Waals surface area contributed by atoms with Crippen LogP contribution in [0.5, 0.6) is 0 Å². The van der Waals surface area contributed by atoms with Crippen LogP contribution in [0.25, 0.3) is 0 Å². The third-order valence-corrected chi connectivity index (χ3v) is 3.14. The molecule has 0 spiro atoms. The Hall–Kier alpha value is -0.610. The first-order valence-electron chi connectivity index (χ1n) is 6.17. The highest BCUT2D eigenvalue weighted by Gasteiger charge is 2.36. The van der Waals surface area contributed by atoms with Gasteiger partial charge in [0.2, 0.25) is 5.91 Å². The lowest BCUT2D eigenvalue weighted by atomic mass is 10.0. The Labute approximate surface area is 98.3 Å². The lowest BCUT2D eigenvalue weighted by Gasteiger charge is -2.30. The van der Waals surface area contributed by atoms with Crippen LogP contribution in [-0.4, -0.2) is 49.7 Å². The van der Waals surface area contributed by atoms with Gasteiger partial charge in [-0.2, -0.15) is 0 Å². The number of carbonyl (C=O) groups is 1. The van der Waals surface area contributed by atoms with Crippen molar-refractivity contribution in [1.29, 1.82) is 0 Å². The molecule has 1 rings (SSSR count). The summed E-state index contributed by atoms with van der Waals surface area (Å²) >= 11 is 0. The molecule has 2 unspecified atom stereocenters. The van der Waals surface area contributed by atoms with Gasteiger partial charge < -0.3 is 15.0 Å². The maximum atomic E-state index is 12.4. The van der Waals surface area contributed by atoms with Crippen molar-refractivity contribution in [1.82, 2.24) is 10.2 Å². The monoisotopic (exact) mass is 228 g/mol. The Morgan fingerprint density at radius 3 is 2.69 bits per heavy atom. The van der Waals surface area contributed by atoms with Crippen molar-refractivity contribution in [3.63, 3.8) is 0 Å². The summed E-state index contributed by atoms with van der Waals surface area (Å²) in [5, 5.41) is 3.16. The van der Waals surface area contributed by atoms with Gasteiger partial charge in [-0.05, 0) is 27.3 Å². The molecule has 0 saturated carbocycles. The SMILES string of the molecule is CCCN(C(=O)C1COCC1NC)C(C)C. The highest BCUT2D eigenvalue weighted by Crippen LogP contribution is 2.18. The van der Waals surface area contributed by atoms with Gasteiger partial charge >= 0.3 is 0 Å². The molecule has 94 valence electrons. The molecule has 1 N–H and O–H groups in total. The van der Waals surface area contributed by atoms with Crippen LogP contribution in [0.2, 0.25) is 0 Å². The molecular formula is C12H24N2O2. The number of likely N-dealkylation sites (N-methyl/N-ethyl adjacent to an activating group) is 1. The number of nitrogens with zero attached hydrogens (tertiary/aromatic N) is 1. The Balaban J connectivity index is 2.66. The topological polar surface area (TPSA) is 41.6 Å². The quantitative estimate of drug-likeness (QED) is 0.759. The molecule has 0 aromatic rings. The van der Waals surface area contributed by atoms with Crippen LogP contribution >= 0.6 is 0 Å². The predicted octanol–water partition coefficient (Wildman–Crippen LogP) is 0.868. The molecule has 4 nitrogen and oxygen atoms in total. The molecule has 0 bridgehead atoms. The first kappa shape index (κ1) is 13.5. The maximum Gasteiger partial charge on any atom is 0.229 e. The number of hydrogen-bond acceptors (Lipinski definition) is 3. The van der Waals surface area contributed by atoms with Crippen LogP contribution in [0.3, 0.4) is 0 Å². The van der Waals surface area contributed by atoms with Crippen molar-refractivity contribution in [2.24, 2.45) is 5.92 Å². The summed E-state index contributed by atoms with van der Waals surface area (Å²) in [6.07, 6.45) is 1.00. The van der Waals surface area contributed by atoms with Gasteiger partial charge in [-0.3, -0.25) is 4.79 Å². The van der Waals surface area contributed by atoms with Gasteiger partial charge in [0.05, 0.1) is 19.1 Å². The van der Waals surface area contributed by atoms with Crippen molar-refractivity contribution in [2.45, 2.75) is 39.3 Å². The van der Waals surface area contributed by atoms with Gasteiger partial charge in [-0.1, -0.05) is 6.92 Å². The molecule has 0 aliphatic carbocycles. The number of ether oxygens (including phenoxy) is 1. The van der Waals surface area contributed by atoms with Crippen LogP contribution in [-0.2, 0) is 9.53 Å². The fourth-order valence-electron chi connectivity index (χ4n) is 2.16. The average molecular weight is 228 g/mol. The van der Waals surface area contributed by atoms with Gasteiger partial charge in [0, 0.05) is 18.6 Å². The summed E-state index contributed by atoms with van der Waals surface area (Å²) < 4.78 is 5.38. The fraction of sp³-hybridized carbons (Fsp3) is 0.917. The zero-order valence-corrected chi connectivity index (χ0v) is 10.8. The molecule has 1 aliphatic rings. The molecule has 1 fully saturated rings. The van der Waals surface area contributed by atoms with Crippen molar-refractivity contribution in [3.05, 3.63) is 0 Å². The van der Waals surface area contributed by atoms with E-state index in [0.717, 1.165) is 13.0 Å². The number of rotatable bonds is 5. The minimum absolute atomic E-state index is 0.0149. The van der Waals surface area contributed by atoms with Gasteiger partial charge in [0.15, 0.2) is 0 Å². The van der Waals surface area contributed by atoms with Crippen LogP contribution in [0.4, 0.5) is 0 Å². The molecule has 4 heteroatoms. The Morgan fingerprint density at radius 1 is 1.50 bits per heavy atom. The summed E-state index contributed by atoms with van der Waals surface area (Å²) in [6.45, 7) is 8.27. The normalized spacial score (nSPS) is 25.1. The van der Waals surface area contributed by atoms with E-state index >= 15 is 0 Å². The molecule has 2 atom stereocenters. The molecule has 0 aromatic heterocycles. The second-order valence-electron chi connectivity index (χ2n) is 4.66. The van der Waals surface area contributed by atoms with Crippen LogP contribution < -0.4 is 5.32 Å². The molecule has 16 heavy (non-hydrogen) atoms. The fourth-order valence-corrected chi connectivity index (χ4v) is 2.16. The second-order valence-corrected chi connectivity index (χ2v) is 4.66. The lowest BCUT2D eigenvalue weighted by molar-refractivity contribution is -0.137. The first-order valence-corrected chi connectivity index (χ1v) is 6.17. The van der Waals surface area contributed by atoms with Crippen molar-refractivity contribution >= 4 is 5.91 Å². The third kappa shape index (κ3) is 2.95. The van der Waals surface area contributed by atoms with Crippen LogP contribution in [0.15, 0.2) is 0 Å². The van der Waals surface area contributed by atoms with Crippen molar-refractivity contribution < 1.29 is 9.53 Å². The molecule has 0 radical (unpaired) electrons. The van der Waals surface area contributed by atoms with Crippen molar-refractivity contribution in [3.8, 4) is 0 Å². The van der Waals surface area contributed by atoms with E-state index in [1.807, 2.05) is 11.9 Å². The molecule has 0 aromatic carbocycles. The summed E-state index contributed by atoms with van der Waals surface area (Å²) in [7, 11) is 1.89. The molecule has 1 heterocycles.